The quantitative estimate of drug-likeness (QED) is 0.341. The normalized spacial score (nSPS) is 12.5. The van der Waals surface area contributed by atoms with Gasteiger partial charge in [-0.05, 0) is 18.8 Å². The third-order valence-corrected chi connectivity index (χ3v) is 2.23. The molecule has 0 aromatic carbocycles. The fourth-order valence-electron chi connectivity index (χ4n) is 1.40. The number of hydroxylamine groups is 3. The van der Waals surface area contributed by atoms with E-state index in [4.69, 9.17) is 0 Å². The smallest absolute Gasteiger partial charge is 0.0779 e. The summed E-state index contributed by atoms with van der Waals surface area (Å²) in [7, 11) is 3.43. The average Bonchev–Trinajstić information content (AvgIpc) is 1.93. The molecule has 13 heavy (non-hydrogen) atoms. The van der Waals surface area contributed by atoms with Crippen LogP contribution < -0.4 is 0 Å². The Morgan fingerprint density at radius 2 is 1.54 bits per heavy atom. The van der Waals surface area contributed by atoms with Crippen LogP contribution in [-0.4, -0.2) is 25.3 Å². The van der Waals surface area contributed by atoms with Crippen molar-refractivity contribution < 1.29 is 4.65 Å². The Kier molecular flexibility index (Phi) is 6.35. The molecule has 0 saturated heterocycles. The summed E-state index contributed by atoms with van der Waals surface area (Å²) >= 11 is 0. The van der Waals surface area contributed by atoms with Gasteiger partial charge in [0.15, 0.2) is 0 Å². The van der Waals surface area contributed by atoms with Crippen molar-refractivity contribution in [3.8, 4) is 0 Å². The monoisotopic (exact) mass is 187 g/mol. The van der Waals surface area contributed by atoms with Gasteiger partial charge in [0.1, 0.15) is 0 Å². The van der Waals surface area contributed by atoms with Crippen molar-refractivity contribution in [3.05, 3.63) is 5.21 Å². The van der Waals surface area contributed by atoms with Crippen LogP contribution in [0, 0.1) is 11.1 Å². The zero-order chi connectivity index (χ0) is 10.3. The summed E-state index contributed by atoms with van der Waals surface area (Å²) in [6.45, 7) is 5.29. The molecular formula is C11H25NO. The first-order valence-corrected chi connectivity index (χ1v) is 5.46. The van der Waals surface area contributed by atoms with Crippen LogP contribution in [0.2, 0.25) is 0 Å². The van der Waals surface area contributed by atoms with Crippen LogP contribution in [0.4, 0.5) is 0 Å². The molecule has 0 atom stereocenters. The molecule has 0 unspecified atom stereocenters. The highest BCUT2D eigenvalue weighted by molar-refractivity contribution is 4.47. The van der Waals surface area contributed by atoms with Crippen molar-refractivity contribution in [1.29, 1.82) is 0 Å². The molecule has 0 aliphatic carbocycles. The van der Waals surface area contributed by atoms with Crippen molar-refractivity contribution in [2.75, 3.05) is 20.6 Å². The molecule has 0 aliphatic rings. The average molecular weight is 187 g/mol. The number of unbranched alkanes of at least 4 members (excludes halogenated alkanes) is 3. The van der Waals surface area contributed by atoms with E-state index in [-0.39, 0.29) is 4.65 Å². The molecule has 0 heterocycles. The molecule has 0 fully saturated rings. The molecule has 0 aromatic heterocycles. The molecule has 2 heteroatoms. The number of rotatable bonds is 7. The van der Waals surface area contributed by atoms with Gasteiger partial charge in [-0.25, -0.2) is 0 Å². The first-order chi connectivity index (χ1) is 5.92. The van der Waals surface area contributed by atoms with Crippen molar-refractivity contribution in [2.24, 2.45) is 5.92 Å². The first kappa shape index (κ1) is 12.9. The lowest BCUT2D eigenvalue weighted by atomic mass is 10.0. The molecule has 0 saturated carbocycles. The molecular weight excluding hydrogens is 162 g/mol. The van der Waals surface area contributed by atoms with Crippen LogP contribution in [0.3, 0.4) is 0 Å². The Hall–Kier alpha value is -0.0800. The van der Waals surface area contributed by atoms with Gasteiger partial charge in [0.05, 0.1) is 20.6 Å². The minimum atomic E-state index is -0.135. The van der Waals surface area contributed by atoms with E-state index in [2.05, 4.69) is 13.8 Å². The third-order valence-electron chi connectivity index (χ3n) is 2.23. The lowest BCUT2D eigenvalue weighted by Gasteiger charge is -2.33. The molecule has 2 nitrogen and oxygen atoms in total. The van der Waals surface area contributed by atoms with Gasteiger partial charge in [0, 0.05) is 0 Å². The van der Waals surface area contributed by atoms with Crippen LogP contribution >= 0.6 is 0 Å². The van der Waals surface area contributed by atoms with Gasteiger partial charge < -0.3 is 9.85 Å². The van der Waals surface area contributed by atoms with Gasteiger partial charge in [0.2, 0.25) is 0 Å². The number of quaternary nitrogens is 1. The summed E-state index contributed by atoms with van der Waals surface area (Å²) < 4.78 is -0.135. The van der Waals surface area contributed by atoms with E-state index in [1.165, 1.54) is 25.7 Å². The molecule has 0 aromatic rings. The van der Waals surface area contributed by atoms with Crippen LogP contribution in [-0.2, 0) is 0 Å². The van der Waals surface area contributed by atoms with Gasteiger partial charge in [-0.2, -0.15) is 0 Å². The van der Waals surface area contributed by atoms with Crippen molar-refractivity contribution in [3.63, 3.8) is 0 Å². The van der Waals surface area contributed by atoms with Gasteiger partial charge in [-0.15, -0.1) is 0 Å². The number of hydrogen-bond donors (Lipinski definition) is 0. The molecule has 0 spiro atoms. The van der Waals surface area contributed by atoms with E-state index in [1.807, 2.05) is 0 Å². The third kappa shape index (κ3) is 11.9. The summed E-state index contributed by atoms with van der Waals surface area (Å²) in [6, 6.07) is 0. The zero-order valence-electron chi connectivity index (χ0n) is 9.68. The van der Waals surface area contributed by atoms with Gasteiger partial charge in [0.25, 0.3) is 0 Å². The lowest BCUT2D eigenvalue weighted by Crippen LogP contribution is -2.32. The maximum atomic E-state index is 11.2. The van der Waals surface area contributed by atoms with E-state index in [1.54, 1.807) is 14.1 Å². The molecule has 0 bridgehead atoms. The highest BCUT2D eigenvalue weighted by atomic mass is 16.5. The summed E-state index contributed by atoms with van der Waals surface area (Å²) in [5.41, 5.74) is 0. The van der Waals surface area contributed by atoms with Crippen LogP contribution in [0.15, 0.2) is 0 Å². The summed E-state index contributed by atoms with van der Waals surface area (Å²) in [4.78, 5) is 0. The summed E-state index contributed by atoms with van der Waals surface area (Å²) in [5, 5.41) is 11.2. The Labute approximate surface area is 83.1 Å². The highest BCUT2D eigenvalue weighted by Crippen LogP contribution is 2.10. The maximum absolute atomic E-state index is 11.2. The van der Waals surface area contributed by atoms with Gasteiger partial charge in [-0.1, -0.05) is 33.1 Å². The van der Waals surface area contributed by atoms with Gasteiger partial charge in [-0.3, -0.25) is 0 Å². The Morgan fingerprint density at radius 3 is 2.00 bits per heavy atom. The van der Waals surface area contributed by atoms with E-state index < -0.39 is 0 Å². The van der Waals surface area contributed by atoms with E-state index in [0.717, 1.165) is 18.9 Å². The van der Waals surface area contributed by atoms with Crippen molar-refractivity contribution in [2.45, 2.75) is 46.0 Å². The summed E-state index contributed by atoms with van der Waals surface area (Å²) in [5.74, 6) is 0.826. The molecule has 0 aliphatic heterocycles. The first-order valence-electron chi connectivity index (χ1n) is 5.46. The van der Waals surface area contributed by atoms with Crippen molar-refractivity contribution in [1.82, 2.24) is 0 Å². The van der Waals surface area contributed by atoms with E-state index in [0.29, 0.717) is 0 Å². The lowest BCUT2D eigenvalue weighted by molar-refractivity contribution is -0.840. The zero-order valence-corrected chi connectivity index (χ0v) is 9.68. The second-order valence-electron chi connectivity index (χ2n) is 4.89. The largest absolute Gasteiger partial charge is 0.633 e. The Bertz CT molecular complexity index is 116. The van der Waals surface area contributed by atoms with E-state index in [9.17, 15) is 5.21 Å². The second-order valence-corrected chi connectivity index (χ2v) is 4.89. The predicted molar refractivity (Wildman–Crippen MR) is 58.3 cm³/mol. The minimum Gasteiger partial charge on any atom is -0.633 e. The molecule has 0 rings (SSSR count). The number of nitrogens with zero attached hydrogens (tertiary/aromatic N) is 1. The Balaban J connectivity index is 3.09. The maximum Gasteiger partial charge on any atom is 0.0779 e. The van der Waals surface area contributed by atoms with Crippen molar-refractivity contribution >= 4 is 0 Å². The van der Waals surface area contributed by atoms with Crippen LogP contribution in [0.25, 0.3) is 0 Å². The molecule has 0 N–H and O–H groups in total. The molecule has 0 amide bonds. The fraction of sp³-hybridized carbons (Fsp3) is 1.00. The highest BCUT2D eigenvalue weighted by Gasteiger charge is 2.00. The van der Waals surface area contributed by atoms with Crippen LogP contribution in [0.1, 0.15) is 46.0 Å². The van der Waals surface area contributed by atoms with Gasteiger partial charge >= 0.3 is 0 Å². The second kappa shape index (κ2) is 6.39. The standard InChI is InChI=1S/C11H25NO/c1-11(2)9-7-5-6-8-10-12(3,4)13/h11H,5-10H2,1-4H3. The van der Waals surface area contributed by atoms with Crippen LogP contribution in [0.5, 0.6) is 0 Å². The Morgan fingerprint density at radius 1 is 1.00 bits per heavy atom. The SMILES string of the molecule is CC(C)CCCCCC[N+](C)(C)[O-]. The number of hydrogen-bond acceptors (Lipinski definition) is 1. The molecule has 0 radical (unpaired) electrons. The topological polar surface area (TPSA) is 23.1 Å². The molecule has 80 valence electrons. The fourth-order valence-corrected chi connectivity index (χ4v) is 1.40. The summed E-state index contributed by atoms with van der Waals surface area (Å²) in [6.07, 6.45) is 6.24. The predicted octanol–water partition coefficient (Wildman–Crippen LogP) is 3.17. The van der Waals surface area contributed by atoms with E-state index >= 15 is 0 Å². The minimum absolute atomic E-state index is 0.135.